The van der Waals surface area contributed by atoms with Gasteiger partial charge in [0.1, 0.15) is 0 Å². The molecule has 0 atom stereocenters. The number of sulfonamides is 1. The van der Waals surface area contributed by atoms with Gasteiger partial charge < -0.3 is 15.4 Å². The van der Waals surface area contributed by atoms with E-state index in [0.29, 0.717) is 35.5 Å². The molecular formula is C24H40N4O3S. The number of piperidine rings is 1. The number of rotatable bonds is 11. The zero-order valence-corrected chi connectivity index (χ0v) is 21.0. The number of hydrogen-bond acceptors (Lipinski definition) is 6. The summed E-state index contributed by atoms with van der Waals surface area (Å²) in [5.41, 5.74) is 8.71. The van der Waals surface area contributed by atoms with Crippen LogP contribution in [0.15, 0.2) is 45.5 Å². The van der Waals surface area contributed by atoms with E-state index in [0.717, 1.165) is 50.9 Å². The summed E-state index contributed by atoms with van der Waals surface area (Å²) in [6.45, 7) is 8.75. The lowest BCUT2D eigenvalue weighted by atomic mass is 10.1. The van der Waals surface area contributed by atoms with Crippen LogP contribution in [0, 0.1) is 5.92 Å². The average Bonchev–Trinajstić information content (AvgIpc) is 2.75. The second kappa shape index (κ2) is 12.4. The average molecular weight is 465 g/mol. The van der Waals surface area contributed by atoms with Crippen molar-refractivity contribution in [3.8, 4) is 0 Å². The molecular weight excluding hydrogens is 424 g/mol. The molecule has 0 amide bonds. The largest absolute Gasteiger partial charge is 0.400 e. The minimum atomic E-state index is -3.75. The Morgan fingerprint density at radius 2 is 1.88 bits per heavy atom. The molecule has 1 aromatic rings. The Balaban J connectivity index is 1.95. The van der Waals surface area contributed by atoms with Gasteiger partial charge in [0.2, 0.25) is 0 Å². The zero-order chi connectivity index (χ0) is 23.7. The molecule has 2 rings (SSSR count). The Kier molecular flexibility index (Phi) is 10.2. The topological polar surface area (TPSA) is 97.0 Å². The van der Waals surface area contributed by atoms with Gasteiger partial charge in [0.05, 0.1) is 22.4 Å². The molecule has 1 heterocycles. The Labute approximate surface area is 194 Å². The minimum Gasteiger partial charge on any atom is -0.400 e. The molecule has 1 aliphatic heterocycles. The quantitative estimate of drug-likeness (QED) is 0.387. The molecule has 7 nitrogen and oxygen atoms in total. The molecule has 0 unspecified atom stereocenters. The van der Waals surface area contributed by atoms with Gasteiger partial charge in [0.25, 0.3) is 10.0 Å². The second-order valence-corrected chi connectivity index (χ2v) is 10.7. The summed E-state index contributed by atoms with van der Waals surface area (Å²) >= 11 is 0. The highest BCUT2D eigenvalue weighted by molar-refractivity contribution is 7.89. The van der Waals surface area contributed by atoms with Gasteiger partial charge in [-0.2, -0.15) is 0 Å². The maximum absolute atomic E-state index is 12.9. The normalized spacial score (nSPS) is 17.5. The van der Waals surface area contributed by atoms with Crippen LogP contribution in [0.2, 0.25) is 0 Å². The van der Waals surface area contributed by atoms with E-state index in [1.165, 1.54) is 0 Å². The van der Waals surface area contributed by atoms with Crippen molar-refractivity contribution in [2.75, 3.05) is 33.8 Å². The number of nitrogens with zero attached hydrogens (tertiary/aromatic N) is 2. The highest BCUT2D eigenvalue weighted by atomic mass is 32.2. The number of likely N-dealkylation sites (tertiary alicyclic amines) is 1. The molecule has 1 fully saturated rings. The molecule has 32 heavy (non-hydrogen) atoms. The first kappa shape index (κ1) is 26.4. The van der Waals surface area contributed by atoms with E-state index in [9.17, 15) is 8.42 Å². The van der Waals surface area contributed by atoms with Crippen LogP contribution in [0.3, 0.4) is 0 Å². The van der Waals surface area contributed by atoms with E-state index in [1.807, 2.05) is 26.0 Å². The van der Waals surface area contributed by atoms with Crippen molar-refractivity contribution in [3.63, 3.8) is 0 Å². The van der Waals surface area contributed by atoms with Crippen LogP contribution < -0.4 is 10.5 Å². The van der Waals surface area contributed by atoms with Gasteiger partial charge in [-0.15, -0.1) is 0 Å². The Hall–Kier alpha value is -1.90. The predicted molar refractivity (Wildman–Crippen MR) is 131 cm³/mol. The molecule has 180 valence electrons. The molecule has 0 aliphatic carbocycles. The van der Waals surface area contributed by atoms with Crippen LogP contribution in [-0.4, -0.2) is 58.9 Å². The van der Waals surface area contributed by atoms with E-state index in [1.54, 1.807) is 26.1 Å². The van der Waals surface area contributed by atoms with Gasteiger partial charge in [-0.3, -0.25) is 9.71 Å². The first-order chi connectivity index (χ1) is 15.1. The van der Waals surface area contributed by atoms with E-state index >= 15 is 0 Å². The fourth-order valence-electron chi connectivity index (χ4n) is 3.73. The molecule has 1 aromatic carbocycles. The number of hydrogen-bond donors (Lipinski definition) is 2. The number of ether oxygens (including phenoxy) is 1. The van der Waals surface area contributed by atoms with E-state index in [-0.39, 0.29) is 4.90 Å². The van der Waals surface area contributed by atoms with Gasteiger partial charge in [0, 0.05) is 32.4 Å². The lowest BCUT2D eigenvalue weighted by Crippen LogP contribution is -2.34. The minimum absolute atomic E-state index is 0.211. The third-order valence-corrected chi connectivity index (χ3v) is 7.11. The van der Waals surface area contributed by atoms with Gasteiger partial charge in [-0.25, -0.2) is 8.42 Å². The number of allylic oxidation sites excluding steroid dienone is 2. The van der Waals surface area contributed by atoms with Crippen molar-refractivity contribution in [3.05, 3.63) is 41.2 Å². The van der Waals surface area contributed by atoms with E-state index in [2.05, 4.69) is 21.7 Å². The Morgan fingerprint density at radius 3 is 2.44 bits per heavy atom. The van der Waals surface area contributed by atoms with Crippen LogP contribution in [0.25, 0.3) is 0 Å². The standard InChI is InChI=1S/C24H40N4O3S/c1-18(2)17-23(25)24(19(3)26-4)27-32(29,30)22-10-8-20(9-11-22)7-6-16-31-21-12-14-28(5)15-13-21/h8-11,18,21,27H,6-7,12-17,25H2,1-5H3. The Morgan fingerprint density at radius 1 is 1.25 bits per heavy atom. The van der Waals surface area contributed by atoms with Crippen LogP contribution in [0.4, 0.5) is 0 Å². The predicted octanol–water partition coefficient (Wildman–Crippen LogP) is 3.32. The highest BCUT2D eigenvalue weighted by Crippen LogP contribution is 2.17. The number of aliphatic imine (C=N–C) groups is 1. The molecule has 0 aromatic heterocycles. The fourth-order valence-corrected chi connectivity index (χ4v) is 4.89. The van der Waals surface area contributed by atoms with Crippen molar-refractivity contribution in [1.29, 1.82) is 0 Å². The molecule has 0 radical (unpaired) electrons. The van der Waals surface area contributed by atoms with Crippen LogP contribution in [0.1, 0.15) is 52.0 Å². The highest BCUT2D eigenvalue weighted by Gasteiger charge is 2.20. The summed E-state index contributed by atoms with van der Waals surface area (Å²) in [4.78, 5) is 6.67. The molecule has 0 bridgehead atoms. The molecule has 1 saturated heterocycles. The molecule has 8 heteroatoms. The monoisotopic (exact) mass is 464 g/mol. The van der Waals surface area contributed by atoms with Crippen molar-refractivity contribution in [2.45, 2.75) is 63.9 Å². The maximum atomic E-state index is 12.9. The molecule has 3 N–H and O–H groups in total. The van der Waals surface area contributed by atoms with Crippen molar-refractivity contribution in [2.24, 2.45) is 16.6 Å². The molecule has 1 aliphatic rings. The zero-order valence-electron chi connectivity index (χ0n) is 20.2. The van der Waals surface area contributed by atoms with Crippen molar-refractivity contribution in [1.82, 2.24) is 9.62 Å². The number of nitrogens with two attached hydrogens (primary N) is 1. The molecule has 0 saturated carbocycles. The van der Waals surface area contributed by atoms with Gasteiger partial charge >= 0.3 is 0 Å². The fraction of sp³-hybridized carbons (Fsp3) is 0.625. The lowest BCUT2D eigenvalue weighted by Gasteiger charge is -2.28. The van der Waals surface area contributed by atoms with Gasteiger partial charge in [0.15, 0.2) is 0 Å². The van der Waals surface area contributed by atoms with Crippen molar-refractivity contribution >= 4 is 15.7 Å². The smallest absolute Gasteiger partial charge is 0.262 e. The number of nitrogens with one attached hydrogen (secondary N) is 1. The third-order valence-electron chi connectivity index (χ3n) is 5.75. The van der Waals surface area contributed by atoms with E-state index < -0.39 is 10.0 Å². The summed E-state index contributed by atoms with van der Waals surface area (Å²) in [5, 5.41) is 0. The van der Waals surface area contributed by atoms with Crippen LogP contribution in [-0.2, 0) is 21.2 Å². The van der Waals surface area contributed by atoms with Gasteiger partial charge in [-0.05, 0) is 69.7 Å². The first-order valence-electron chi connectivity index (χ1n) is 11.5. The summed E-state index contributed by atoms with van der Waals surface area (Å²) < 4.78 is 34.5. The SMILES string of the molecule is CN=C(C)C(NS(=O)(=O)c1ccc(CCCOC2CCN(C)CC2)cc1)=C(N)CC(C)C. The third kappa shape index (κ3) is 8.22. The lowest BCUT2D eigenvalue weighted by molar-refractivity contribution is 0.0116. The van der Waals surface area contributed by atoms with E-state index in [4.69, 9.17) is 10.5 Å². The first-order valence-corrected chi connectivity index (χ1v) is 12.9. The summed E-state index contributed by atoms with van der Waals surface area (Å²) in [7, 11) is 0.0135. The van der Waals surface area contributed by atoms with Gasteiger partial charge in [-0.1, -0.05) is 26.0 Å². The van der Waals surface area contributed by atoms with Crippen LogP contribution in [0.5, 0.6) is 0 Å². The number of aryl methyl sites for hydroxylation is 1. The summed E-state index contributed by atoms with van der Waals surface area (Å²) in [5.74, 6) is 0.307. The Bertz CT molecular complexity index is 884. The summed E-state index contributed by atoms with van der Waals surface area (Å²) in [6.07, 6.45) is 4.91. The maximum Gasteiger partial charge on any atom is 0.262 e. The second-order valence-electron chi connectivity index (χ2n) is 9.03. The number of benzene rings is 1. The molecule has 0 spiro atoms. The summed E-state index contributed by atoms with van der Waals surface area (Å²) in [6, 6.07) is 7.02. The van der Waals surface area contributed by atoms with Crippen molar-refractivity contribution < 1.29 is 13.2 Å². The van der Waals surface area contributed by atoms with Crippen LogP contribution >= 0.6 is 0 Å².